The van der Waals surface area contributed by atoms with E-state index in [0.717, 1.165) is 44.9 Å². The van der Waals surface area contributed by atoms with Crippen molar-refractivity contribution < 1.29 is 59.0 Å². The third-order valence-corrected chi connectivity index (χ3v) is 10.4. The molecular weight excluding hydrogens is 705 g/mol. The Labute approximate surface area is 317 Å². The molecule has 0 bridgehead atoms. The van der Waals surface area contributed by atoms with Gasteiger partial charge in [0, 0.05) is 0 Å². The van der Waals surface area contributed by atoms with Gasteiger partial charge >= 0.3 is 7.82 Å². The molecule has 0 aromatic heterocycles. The largest absolute Gasteiger partial charge is 0.472 e. The number of amides is 1. The maximum Gasteiger partial charge on any atom is 0.472 e. The fourth-order valence-corrected chi connectivity index (χ4v) is 7.06. The van der Waals surface area contributed by atoms with Crippen LogP contribution in [0.2, 0.25) is 0 Å². The highest BCUT2D eigenvalue weighted by atomic mass is 31.2. The van der Waals surface area contributed by atoms with E-state index in [4.69, 9.17) is 9.05 Å². The summed E-state index contributed by atoms with van der Waals surface area (Å²) < 4.78 is 22.7. The number of carbonyl (C=O) groups excluding carboxylic acids is 1. The molecule has 53 heavy (non-hydrogen) atoms. The zero-order valence-electron chi connectivity index (χ0n) is 32.2. The van der Waals surface area contributed by atoms with Gasteiger partial charge in [0.15, 0.2) is 0 Å². The van der Waals surface area contributed by atoms with E-state index < -0.39 is 75.2 Å². The zero-order chi connectivity index (χ0) is 39.5. The summed E-state index contributed by atoms with van der Waals surface area (Å²) in [7, 11) is -5.14. The SMILES string of the molecule is CCCCC/C=C/CC/C=C/CC/C=C/C(O)C(COP(=O)(O)OC1C(O)C(O)C(O)C(O)C1O)NC(=O)CC(O)CCCCCCCCCCCC. The Balaban J connectivity index is 2.70. The molecule has 1 aliphatic carbocycles. The number of carbonyl (C=O) groups is 1. The van der Waals surface area contributed by atoms with Crippen LogP contribution in [0.3, 0.4) is 0 Å². The topological polar surface area (TPSA) is 226 Å². The smallest absolute Gasteiger partial charge is 0.393 e. The highest BCUT2D eigenvalue weighted by molar-refractivity contribution is 7.47. The van der Waals surface area contributed by atoms with Gasteiger partial charge in [-0.15, -0.1) is 0 Å². The Morgan fingerprint density at radius 2 is 1.11 bits per heavy atom. The summed E-state index contributed by atoms with van der Waals surface area (Å²) in [4.78, 5) is 23.3. The average Bonchev–Trinajstić information content (AvgIpc) is 3.12. The number of nitrogens with one attached hydrogen (secondary N) is 1. The molecule has 1 saturated carbocycles. The molecule has 8 atom stereocenters. The minimum absolute atomic E-state index is 0.255. The number of aliphatic hydroxyl groups is 7. The fraction of sp³-hybridized carbons (Fsp3) is 0.821. The number of phosphoric acid groups is 1. The van der Waals surface area contributed by atoms with Crippen molar-refractivity contribution >= 4 is 13.7 Å². The molecule has 310 valence electrons. The third kappa shape index (κ3) is 22.6. The minimum atomic E-state index is -5.14. The molecule has 0 aliphatic heterocycles. The average molecular weight is 778 g/mol. The van der Waals surface area contributed by atoms with Crippen LogP contribution in [0.1, 0.15) is 142 Å². The first-order chi connectivity index (χ1) is 25.3. The van der Waals surface area contributed by atoms with Crippen LogP contribution in [0.15, 0.2) is 36.5 Å². The van der Waals surface area contributed by atoms with Crippen molar-refractivity contribution in [3.8, 4) is 0 Å². The summed E-state index contributed by atoms with van der Waals surface area (Å²) in [6.07, 6.45) is 16.9. The van der Waals surface area contributed by atoms with Crippen LogP contribution in [0.25, 0.3) is 0 Å². The molecule has 0 heterocycles. The molecule has 1 rings (SSSR count). The second kappa shape index (κ2) is 29.8. The molecule has 0 radical (unpaired) electrons. The van der Waals surface area contributed by atoms with Gasteiger partial charge in [0.1, 0.15) is 36.6 Å². The van der Waals surface area contributed by atoms with E-state index in [1.807, 2.05) is 6.08 Å². The number of aliphatic hydroxyl groups excluding tert-OH is 7. The molecular formula is C39H72NO12P. The third-order valence-electron chi connectivity index (χ3n) is 9.46. The summed E-state index contributed by atoms with van der Waals surface area (Å²) in [5, 5.41) is 74.0. The van der Waals surface area contributed by atoms with E-state index in [-0.39, 0.29) is 6.42 Å². The van der Waals surface area contributed by atoms with Gasteiger partial charge in [-0.3, -0.25) is 13.8 Å². The first kappa shape index (κ1) is 49.5. The molecule has 0 saturated heterocycles. The minimum Gasteiger partial charge on any atom is -0.393 e. The number of hydrogen-bond acceptors (Lipinski definition) is 11. The van der Waals surface area contributed by atoms with Crippen LogP contribution in [-0.2, 0) is 18.4 Å². The van der Waals surface area contributed by atoms with Gasteiger partial charge in [-0.1, -0.05) is 127 Å². The zero-order valence-corrected chi connectivity index (χ0v) is 33.1. The van der Waals surface area contributed by atoms with Crippen LogP contribution in [0, 0.1) is 0 Å². The van der Waals surface area contributed by atoms with Crippen molar-refractivity contribution in [1.82, 2.24) is 5.32 Å². The maximum atomic E-state index is 12.9. The number of unbranched alkanes of at least 4 members (excludes halogenated alkanes) is 14. The Morgan fingerprint density at radius 3 is 1.66 bits per heavy atom. The molecule has 8 unspecified atom stereocenters. The Hall–Kier alpha value is -1.48. The molecule has 9 N–H and O–H groups in total. The Bertz CT molecular complexity index is 1060. The van der Waals surface area contributed by atoms with Gasteiger partial charge in [-0.2, -0.15) is 0 Å². The highest BCUT2D eigenvalue weighted by Crippen LogP contribution is 2.47. The second-order valence-electron chi connectivity index (χ2n) is 14.3. The van der Waals surface area contributed by atoms with Gasteiger partial charge in [-0.25, -0.2) is 4.57 Å². The molecule has 1 amide bonds. The number of phosphoric ester groups is 1. The summed E-state index contributed by atoms with van der Waals surface area (Å²) in [6.45, 7) is 3.63. The van der Waals surface area contributed by atoms with Gasteiger partial charge in [0.2, 0.25) is 5.91 Å². The summed E-state index contributed by atoms with van der Waals surface area (Å²) in [6, 6.07) is -1.26. The van der Waals surface area contributed by atoms with Gasteiger partial charge in [0.25, 0.3) is 0 Å². The van der Waals surface area contributed by atoms with Crippen LogP contribution in [-0.4, -0.2) is 108 Å². The molecule has 13 nitrogen and oxygen atoms in total. The summed E-state index contributed by atoms with van der Waals surface area (Å²) >= 11 is 0. The van der Waals surface area contributed by atoms with Crippen LogP contribution in [0.5, 0.6) is 0 Å². The molecule has 0 aromatic carbocycles. The van der Waals surface area contributed by atoms with Gasteiger partial charge < -0.3 is 46.0 Å². The monoisotopic (exact) mass is 777 g/mol. The molecule has 14 heteroatoms. The highest BCUT2D eigenvalue weighted by Gasteiger charge is 2.51. The Morgan fingerprint density at radius 1 is 0.660 bits per heavy atom. The van der Waals surface area contributed by atoms with E-state index in [9.17, 15) is 50.0 Å². The van der Waals surface area contributed by atoms with Crippen molar-refractivity contribution in [2.75, 3.05) is 6.61 Å². The fourth-order valence-electron chi connectivity index (χ4n) is 6.09. The number of hydrogen-bond donors (Lipinski definition) is 9. The second-order valence-corrected chi connectivity index (χ2v) is 15.7. The van der Waals surface area contributed by atoms with E-state index in [0.29, 0.717) is 19.3 Å². The molecule has 0 spiro atoms. The lowest BCUT2D eigenvalue weighted by atomic mass is 9.85. The van der Waals surface area contributed by atoms with Crippen LogP contribution >= 0.6 is 7.82 Å². The first-order valence-corrected chi connectivity index (χ1v) is 21.5. The first-order valence-electron chi connectivity index (χ1n) is 20.0. The van der Waals surface area contributed by atoms with Crippen LogP contribution in [0.4, 0.5) is 0 Å². The van der Waals surface area contributed by atoms with E-state index >= 15 is 0 Å². The molecule has 1 fully saturated rings. The number of allylic oxidation sites excluding steroid dienone is 5. The van der Waals surface area contributed by atoms with E-state index in [1.165, 1.54) is 63.9 Å². The predicted octanol–water partition coefficient (Wildman–Crippen LogP) is 5.02. The Kier molecular flexibility index (Phi) is 27.8. The van der Waals surface area contributed by atoms with Crippen molar-refractivity contribution in [2.24, 2.45) is 0 Å². The molecule has 1 aliphatic rings. The maximum absolute atomic E-state index is 12.9. The summed E-state index contributed by atoms with van der Waals surface area (Å²) in [5.74, 6) is -0.611. The van der Waals surface area contributed by atoms with Gasteiger partial charge in [0.05, 0.1) is 31.3 Å². The van der Waals surface area contributed by atoms with Gasteiger partial charge in [-0.05, 0) is 44.9 Å². The lowest BCUT2D eigenvalue weighted by Crippen LogP contribution is -2.64. The predicted molar refractivity (Wildman–Crippen MR) is 206 cm³/mol. The van der Waals surface area contributed by atoms with Crippen molar-refractivity contribution in [2.45, 2.75) is 197 Å². The quantitative estimate of drug-likeness (QED) is 0.0257. The summed E-state index contributed by atoms with van der Waals surface area (Å²) in [5.41, 5.74) is 0. The normalized spacial score (nSPS) is 25.2. The standard InChI is InChI=1S/C39H72NO12P/c1-3-5-7-9-11-13-15-16-17-19-21-23-25-27-32(42)31(29-51-53(49,50)52-39-37(47)35(45)34(44)36(46)38(39)48)40-33(43)28-30(41)26-24-22-20-18-14-12-10-8-6-4-2/h11,13,17,19,25,27,30-32,34-39,41-42,44-48H,3-10,12,14-16,18,20-24,26,28-29H2,1-2H3,(H,40,43)(H,49,50)/b13-11+,19-17+,27-25+. The molecule has 0 aromatic rings. The lowest BCUT2D eigenvalue weighted by Gasteiger charge is -2.41. The lowest BCUT2D eigenvalue weighted by molar-refractivity contribution is -0.220. The van der Waals surface area contributed by atoms with E-state index in [1.54, 1.807) is 6.08 Å². The van der Waals surface area contributed by atoms with E-state index in [2.05, 4.69) is 37.4 Å². The van der Waals surface area contributed by atoms with Crippen molar-refractivity contribution in [3.05, 3.63) is 36.5 Å². The number of rotatable bonds is 31. The van der Waals surface area contributed by atoms with Crippen LogP contribution < -0.4 is 5.32 Å². The van der Waals surface area contributed by atoms with Crippen molar-refractivity contribution in [3.63, 3.8) is 0 Å². The van der Waals surface area contributed by atoms with Crippen molar-refractivity contribution in [1.29, 1.82) is 0 Å².